The third kappa shape index (κ3) is 6.56. The molecule has 0 aliphatic rings. The summed E-state index contributed by atoms with van der Waals surface area (Å²) in [7, 11) is 0. The summed E-state index contributed by atoms with van der Waals surface area (Å²) in [5.74, 6) is 5.21. The molecule has 32 heavy (non-hydrogen) atoms. The van der Waals surface area contributed by atoms with E-state index in [1.165, 1.54) is 5.56 Å². The van der Waals surface area contributed by atoms with Crippen molar-refractivity contribution in [1.29, 1.82) is 0 Å². The zero-order valence-electron chi connectivity index (χ0n) is 19.1. The molecule has 0 saturated carbocycles. The summed E-state index contributed by atoms with van der Waals surface area (Å²) in [6.45, 7) is 5.92. The maximum atomic E-state index is 6.11. The number of terminal acetylenes is 1. The lowest BCUT2D eigenvalue weighted by molar-refractivity contribution is 0.243. The first-order valence-corrected chi connectivity index (χ1v) is 11.4. The maximum absolute atomic E-state index is 6.11. The van der Waals surface area contributed by atoms with Crippen LogP contribution in [0.1, 0.15) is 48.9 Å². The predicted molar refractivity (Wildman–Crippen MR) is 131 cm³/mol. The molecule has 0 spiro atoms. The highest BCUT2D eigenvalue weighted by Crippen LogP contribution is 2.30. The van der Waals surface area contributed by atoms with Crippen molar-refractivity contribution in [2.24, 2.45) is 0 Å². The first kappa shape index (κ1) is 23.3. The van der Waals surface area contributed by atoms with Crippen LogP contribution in [0.15, 0.2) is 66.7 Å². The summed E-state index contributed by atoms with van der Waals surface area (Å²) in [6, 6.07) is 22.2. The van der Waals surface area contributed by atoms with E-state index in [4.69, 9.17) is 20.6 Å². The summed E-state index contributed by atoms with van der Waals surface area (Å²) in [5, 5.41) is 0. The fraction of sp³-hybridized carbons (Fsp3) is 0.310. The van der Waals surface area contributed by atoms with E-state index in [1.54, 1.807) is 0 Å². The van der Waals surface area contributed by atoms with Crippen molar-refractivity contribution in [2.75, 3.05) is 13.2 Å². The number of hydrogen-bond acceptors (Lipinski definition) is 3. The average Bonchev–Trinajstić information content (AvgIpc) is 2.84. The fourth-order valence-corrected chi connectivity index (χ4v) is 3.53. The molecule has 0 bridgehead atoms. The SMILES string of the molecule is C#Cc1cc(CC)c(OCCCOc2ccccc2CCC)cc1OCc1ccccc1. The third-order valence-electron chi connectivity index (χ3n) is 5.23. The van der Waals surface area contributed by atoms with Gasteiger partial charge in [-0.2, -0.15) is 0 Å². The standard InChI is InChI=1S/C29H32O3/c1-4-13-26-16-10-11-17-27(26)30-18-12-19-31-28-21-29(25(6-3)20-24(28)5-2)32-22-23-14-8-7-9-15-23/h3,7-11,14-17,20-21H,4-5,12-13,18-19,22H2,1-2H3. The van der Waals surface area contributed by atoms with Crippen LogP contribution in [-0.2, 0) is 19.4 Å². The lowest BCUT2D eigenvalue weighted by Crippen LogP contribution is -2.08. The van der Waals surface area contributed by atoms with E-state index in [2.05, 4.69) is 31.9 Å². The molecule has 0 aromatic heterocycles. The average molecular weight is 429 g/mol. The van der Waals surface area contributed by atoms with Crippen molar-refractivity contribution in [3.63, 3.8) is 0 Å². The molecule has 0 fully saturated rings. The van der Waals surface area contributed by atoms with Crippen LogP contribution >= 0.6 is 0 Å². The summed E-state index contributed by atoms with van der Waals surface area (Å²) in [6.07, 6.45) is 9.49. The molecule has 166 valence electrons. The van der Waals surface area contributed by atoms with Crippen LogP contribution in [0.3, 0.4) is 0 Å². The number of aryl methyl sites for hydroxylation is 2. The van der Waals surface area contributed by atoms with Crippen molar-refractivity contribution in [2.45, 2.75) is 46.1 Å². The lowest BCUT2D eigenvalue weighted by atomic mass is 10.1. The summed E-state index contributed by atoms with van der Waals surface area (Å²) in [4.78, 5) is 0. The molecule has 0 N–H and O–H groups in total. The second kappa shape index (κ2) is 12.5. The highest BCUT2D eigenvalue weighted by molar-refractivity contribution is 5.53. The Kier molecular flexibility index (Phi) is 9.07. The van der Waals surface area contributed by atoms with Crippen molar-refractivity contribution in [1.82, 2.24) is 0 Å². The van der Waals surface area contributed by atoms with E-state index in [0.717, 1.165) is 53.9 Å². The molecular formula is C29H32O3. The van der Waals surface area contributed by atoms with Crippen LogP contribution in [-0.4, -0.2) is 13.2 Å². The molecule has 3 nitrogen and oxygen atoms in total. The number of rotatable bonds is 12. The summed E-state index contributed by atoms with van der Waals surface area (Å²) >= 11 is 0. The van der Waals surface area contributed by atoms with E-state index in [1.807, 2.05) is 54.6 Å². The minimum absolute atomic E-state index is 0.464. The maximum Gasteiger partial charge on any atom is 0.139 e. The van der Waals surface area contributed by atoms with Crippen molar-refractivity contribution in [3.8, 4) is 29.6 Å². The smallest absolute Gasteiger partial charge is 0.139 e. The van der Waals surface area contributed by atoms with Gasteiger partial charge in [0.1, 0.15) is 23.9 Å². The molecule has 0 amide bonds. The molecular weight excluding hydrogens is 396 g/mol. The topological polar surface area (TPSA) is 27.7 Å². The van der Waals surface area contributed by atoms with Gasteiger partial charge in [-0.15, -0.1) is 6.42 Å². The fourth-order valence-electron chi connectivity index (χ4n) is 3.53. The van der Waals surface area contributed by atoms with Gasteiger partial charge in [0.05, 0.1) is 18.8 Å². The Bertz CT molecular complexity index is 1020. The van der Waals surface area contributed by atoms with Gasteiger partial charge in [-0.3, -0.25) is 0 Å². The highest BCUT2D eigenvalue weighted by Gasteiger charge is 2.11. The molecule has 0 saturated heterocycles. The molecule has 0 atom stereocenters. The van der Waals surface area contributed by atoms with Crippen molar-refractivity contribution >= 4 is 0 Å². The van der Waals surface area contributed by atoms with Gasteiger partial charge in [0.2, 0.25) is 0 Å². The van der Waals surface area contributed by atoms with Gasteiger partial charge in [-0.05, 0) is 41.7 Å². The van der Waals surface area contributed by atoms with Crippen LogP contribution in [0.2, 0.25) is 0 Å². The highest BCUT2D eigenvalue weighted by atomic mass is 16.5. The molecule has 0 aliphatic heterocycles. The van der Waals surface area contributed by atoms with Crippen LogP contribution in [0.5, 0.6) is 17.2 Å². The quantitative estimate of drug-likeness (QED) is 0.240. The van der Waals surface area contributed by atoms with E-state index in [9.17, 15) is 0 Å². The zero-order valence-corrected chi connectivity index (χ0v) is 19.1. The van der Waals surface area contributed by atoms with Gasteiger partial charge in [0, 0.05) is 12.5 Å². The Morgan fingerprint density at radius 1 is 0.750 bits per heavy atom. The number of para-hydroxylation sites is 1. The van der Waals surface area contributed by atoms with Gasteiger partial charge in [-0.25, -0.2) is 0 Å². The van der Waals surface area contributed by atoms with Gasteiger partial charge >= 0.3 is 0 Å². The molecule has 3 aromatic carbocycles. The molecule has 3 aromatic rings. The lowest BCUT2D eigenvalue weighted by Gasteiger charge is -2.16. The van der Waals surface area contributed by atoms with E-state index in [-0.39, 0.29) is 0 Å². The Balaban J connectivity index is 1.58. The van der Waals surface area contributed by atoms with Crippen LogP contribution in [0, 0.1) is 12.3 Å². The number of ether oxygens (including phenoxy) is 3. The third-order valence-corrected chi connectivity index (χ3v) is 5.23. The molecule has 3 heteroatoms. The summed E-state index contributed by atoms with van der Waals surface area (Å²) < 4.78 is 18.1. The first-order valence-electron chi connectivity index (χ1n) is 11.4. The van der Waals surface area contributed by atoms with Gasteiger partial charge < -0.3 is 14.2 Å². The van der Waals surface area contributed by atoms with E-state index >= 15 is 0 Å². The molecule has 3 rings (SSSR count). The minimum atomic E-state index is 0.464. The van der Waals surface area contributed by atoms with Crippen molar-refractivity contribution in [3.05, 3.63) is 89.0 Å². The van der Waals surface area contributed by atoms with E-state index < -0.39 is 0 Å². The first-order chi connectivity index (χ1) is 15.7. The van der Waals surface area contributed by atoms with Crippen LogP contribution < -0.4 is 14.2 Å². The minimum Gasteiger partial charge on any atom is -0.493 e. The Morgan fingerprint density at radius 2 is 1.47 bits per heavy atom. The Labute approximate surface area is 192 Å². The molecule has 0 unspecified atom stereocenters. The summed E-state index contributed by atoms with van der Waals surface area (Å²) in [5.41, 5.74) is 4.19. The molecule has 0 heterocycles. The normalized spacial score (nSPS) is 10.4. The number of hydrogen-bond donors (Lipinski definition) is 0. The molecule has 0 aliphatic carbocycles. The molecule has 0 radical (unpaired) electrons. The van der Waals surface area contributed by atoms with Crippen LogP contribution in [0.4, 0.5) is 0 Å². The van der Waals surface area contributed by atoms with Crippen molar-refractivity contribution < 1.29 is 14.2 Å². The monoisotopic (exact) mass is 428 g/mol. The van der Waals surface area contributed by atoms with E-state index in [0.29, 0.717) is 25.6 Å². The Morgan fingerprint density at radius 3 is 2.19 bits per heavy atom. The number of benzene rings is 3. The van der Waals surface area contributed by atoms with Gasteiger partial charge in [0.25, 0.3) is 0 Å². The second-order valence-corrected chi connectivity index (χ2v) is 7.64. The Hall–Kier alpha value is -3.38. The largest absolute Gasteiger partial charge is 0.493 e. The van der Waals surface area contributed by atoms with Crippen LogP contribution in [0.25, 0.3) is 0 Å². The predicted octanol–water partition coefficient (Wildman–Crippen LogP) is 6.61. The second-order valence-electron chi connectivity index (χ2n) is 7.64. The van der Waals surface area contributed by atoms with Gasteiger partial charge in [0.15, 0.2) is 0 Å². The van der Waals surface area contributed by atoms with Gasteiger partial charge in [-0.1, -0.05) is 74.7 Å². The zero-order chi connectivity index (χ0) is 22.6.